The molecule has 2 heterocycles. The van der Waals surface area contributed by atoms with Crippen molar-refractivity contribution in [3.63, 3.8) is 0 Å². The van der Waals surface area contributed by atoms with Gasteiger partial charge in [0.2, 0.25) is 0 Å². The molecule has 1 N–H and O–H groups in total. The first kappa shape index (κ1) is 21.4. The molecular weight excluding hydrogens is 415 g/mol. The minimum Gasteiger partial charge on any atom is -0.475 e. The summed E-state index contributed by atoms with van der Waals surface area (Å²) in [6, 6.07) is 7.82. The highest BCUT2D eigenvalue weighted by Crippen LogP contribution is 2.35. The molecule has 0 spiro atoms. The van der Waals surface area contributed by atoms with E-state index in [4.69, 9.17) is 14.9 Å². The van der Waals surface area contributed by atoms with Crippen LogP contribution in [-0.4, -0.2) is 59.4 Å². The largest absolute Gasteiger partial charge is 0.490 e. The molecule has 0 atom stereocenters. The number of carbonyl (C=O) groups is 1. The third kappa shape index (κ3) is 5.63. The Labute approximate surface area is 177 Å². The molecule has 0 unspecified atom stereocenters. The van der Waals surface area contributed by atoms with Crippen LogP contribution in [0.25, 0.3) is 10.2 Å². The Morgan fingerprint density at radius 1 is 1.13 bits per heavy atom. The van der Waals surface area contributed by atoms with Gasteiger partial charge in [-0.3, -0.25) is 4.90 Å². The molecule has 164 valence electrons. The zero-order valence-corrected chi connectivity index (χ0v) is 17.5. The predicted molar refractivity (Wildman–Crippen MR) is 111 cm³/mol. The first-order valence-electron chi connectivity index (χ1n) is 10.5. The molecule has 0 radical (unpaired) electrons. The Kier molecular flexibility index (Phi) is 6.20. The first-order valence-corrected chi connectivity index (χ1v) is 11.3. The number of fused-ring (bicyclic) bond motifs is 1. The molecule has 3 aliphatic rings. The van der Waals surface area contributed by atoms with Gasteiger partial charge in [0.15, 0.2) is 5.13 Å². The highest BCUT2D eigenvalue weighted by molar-refractivity contribution is 7.22. The van der Waals surface area contributed by atoms with Crippen LogP contribution in [0.2, 0.25) is 0 Å². The maximum absolute atomic E-state index is 10.6. The van der Waals surface area contributed by atoms with Crippen LogP contribution in [0, 0.1) is 5.92 Å². The number of nitrogens with zero attached hydrogens (tertiary/aromatic N) is 3. The number of benzene rings is 1. The van der Waals surface area contributed by atoms with Crippen LogP contribution in [0.3, 0.4) is 0 Å². The summed E-state index contributed by atoms with van der Waals surface area (Å²) < 4.78 is 33.1. The van der Waals surface area contributed by atoms with Crippen LogP contribution in [0.5, 0.6) is 0 Å². The maximum atomic E-state index is 10.6. The van der Waals surface area contributed by atoms with Crippen LogP contribution in [0.4, 0.5) is 18.3 Å². The Morgan fingerprint density at radius 3 is 2.37 bits per heavy atom. The standard InChI is InChI=1S/C19H25N3S.C2HF3O2/c1-2-14(1)3-4-15-5-8-17-18(13-15)23-19(20-17)22-11-9-21(10-12-22)16-6-7-16;3-2(4,5)1(6)7/h5,8,13-14,16H,1-4,6-7,9-12H2;(H,6,7). The molecule has 1 aliphatic heterocycles. The summed E-state index contributed by atoms with van der Waals surface area (Å²) in [6.45, 7) is 4.72. The molecule has 1 aromatic heterocycles. The Morgan fingerprint density at radius 2 is 1.80 bits per heavy atom. The van der Waals surface area contributed by atoms with Crippen LogP contribution in [0.15, 0.2) is 18.2 Å². The summed E-state index contributed by atoms with van der Waals surface area (Å²) in [6.07, 6.45) is 3.29. The Bertz CT molecular complexity index is 885. The quantitative estimate of drug-likeness (QED) is 0.737. The van der Waals surface area contributed by atoms with Gasteiger partial charge >= 0.3 is 12.1 Å². The molecule has 5 rings (SSSR count). The van der Waals surface area contributed by atoms with E-state index in [1.807, 2.05) is 11.3 Å². The van der Waals surface area contributed by atoms with E-state index in [0.717, 1.165) is 25.0 Å². The summed E-state index contributed by atoms with van der Waals surface area (Å²) in [5.74, 6) is -1.74. The summed E-state index contributed by atoms with van der Waals surface area (Å²) >= 11 is 1.89. The van der Waals surface area contributed by atoms with Gasteiger partial charge in [-0.05, 0) is 49.3 Å². The van der Waals surface area contributed by atoms with Gasteiger partial charge < -0.3 is 10.0 Å². The molecule has 9 heteroatoms. The van der Waals surface area contributed by atoms with Gasteiger partial charge in [0.1, 0.15) is 0 Å². The van der Waals surface area contributed by atoms with Crippen molar-refractivity contribution in [3.8, 4) is 0 Å². The van der Waals surface area contributed by atoms with Crippen molar-refractivity contribution in [2.45, 2.75) is 50.7 Å². The number of piperazine rings is 1. The van der Waals surface area contributed by atoms with Crippen LogP contribution < -0.4 is 4.90 Å². The minimum atomic E-state index is -5.08. The lowest BCUT2D eigenvalue weighted by Crippen LogP contribution is -2.47. The lowest BCUT2D eigenvalue weighted by Gasteiger charge is -2.34. The van der Waals surface area contributed by atoms with Crippen LogP contribution in [-0.2, 0) is 11.2 Å². The van der Waals surface area contributed by atoms with Gasteiger partial charge in [-0.2, -0.15) is 13.2 Å². The van der Waals surface area contributed by atoms with Crippen molar-refractivity contribution in [2.75, 3.05) is 31.1 Å². The van der Waals surface area contributed by atoms with Crippen LogP contribution >= 0.6 is 11.3 Å². The lowest BCUT2D eigenvalue weighted by atomic mass is 10.1. The Hall–Kier alpha value is -1.87. The van der Waals surface area contributed by atoms with Gasteiger partial charge in [-0.1, -0.05) is 30.2 Å². The predicted octanol–water partition coefficient (Wildman–Crippen LogP) is 4.56. The number of carboxylic acids is 1. The fourth-order valence-electron chi connectivity index (χ4n) is 3.74. The van der Waals surface area contributed by atoms with Crippen molar-refractivity contribution in [2.24, 2.45) is 5.92 Å². The molecule has 30 heavy (non-hydrogen) atoms. The molecule has 1 saturated heterocycles. The average Bonchev–Trinajstić information content (AvgIpc) is 3.63. The van der Waals surface area contributed by atoms with Gasteiger partial charge in [0.25, 0.3) is 0 Å². The number of halogens is 3. The number of aryl methyl sites for hydroxylation is 1. The minimum absolute atomic E-state index is 0.904. The fourth-order valence-corrected chi connectivity index (χ4v) is 4.82. The van der Waals surface area contributed by atoms with Gasteiger partial charge in [0, 0.05) is 32.2 Å². The van der Waals surface area contributed by atoms with E-state index in [2.05, 4.69) is 28.0 Å². The monoisotopic (exact) mass is 441 g/mol. The van der Waals surface area contributed by atoms with E-state index < -0.39 is 12.1 Å². The average molecular weight is 442 g/mol. The summed E-state index contributed by atoms with van der Waals surface area (Å²) in [7, 11) is 0. The van der Waals surface area contributed by atoms with E-state index in [-0.39, 0.29) is 0 Å². The number of aromatic nitrogens is 1. The molecule has 2 aliphatic carbocycles. The second-order valence-electron chi connectivity index (χ2n) is 8.34. The fraction of sp³-hybridized carbons (Fsp3) is 0.619. The zero-order valence-electron chi connectivity index (χ0n) is 16.7. The molecule has 0 bridgehead atoms. The van der Waals surface area contributed by atoms with E-state index in [0.29, 0.717) is 0 Å². The highest BCUT2D eigenvalue weighted by Gasteiger charge is 2.38. The van der Waals surface area contributed by atoms with E-state index in [1.165, 1.54) is 72.5 Å². The third-order valence-electron chi connectivity index (χ3n) is 5.87. The molecule has 2 saturated carbocycles. The number of alkyl halides is 3. The topological polar surface area (TPSA) is 56.7 Å². The molecule has 0 amide bonds. The number of thiazole rings is 1. The first-order chi connectivity index (χ1) is 14.3. The van der Waals surface area contributed by atoms with E-state index in [1.54, 1.807) is 0 Å². The molecule has 5 nitrogen and oxygen atoms in total. The number of carboxylic acid groups (broad SMARTS) is 1. The SMILES string of the molecule is O=C(O)C(F)(F)F.c1cc2nc(N3CCN(C4CC4)CC3)sc2cc1CCC1CC1. The summed E-state index contributed by atoms with van der Waals surface area (Å²) in [5, 5.41) is 8.36. The van der Waals surface area contributed by atoms with Gasteiger partial charge in [-0.15, -0.1) is 0 Å². The van der Waals surface area contributed by atoms with E-state index >= 15 is 0 Å². The highest BCUT2D eigenvalue weighted by atomic mass is 32.1. The second kappa shape index (κ2) is 8.70. The van der Waals surface area contributed by atoms with Crippen LogP contribution in [0.1, 0.15) is 37.7 Å². The third-order valence-corrected chi connectivity index (χ3v) is 6.95. The molecule has 2 aromatic rings. The number of rotatable bonds is 5. The van der Waals surface area contributed by atoms with Gasteiger partial charge in [0.05, 0.1) is 10.2 Å². The number of hydrogen-bond acceptors (Lipinski definition) is 5. The van der Waals surface area contributed by atoms with Crippen molar-refractivity contribution in [1.82, 2.24) is 9.88 Å². The van der Waals surface area contributed by atoms with E-state index in [9.17, 15) is 13.2 Å². The van der Waals surface area contributed by atoms with Gasteiger partial charge in [-0.25, -0.2) is 9.78 Å². The number of aliphatic carboxylic acids is 1. The van der Waals surface area contributed by atoms with Crippen molar-refractivity contribution >= 4 is 32.7 Å². The zero-order chi connectivity index (χ0) is 21.3. The second-order valence-corrected chi connectivity index (χ2v) is 9.35. The lowest BCUT2D eigenvalue weighted by molar-refractivity contribution is -0.192. The number of hydrogen-bond donors (Lipinski definition) is 1. The maximum Gasteiger partial charge on any atom is 0.490 e. The normalized spacial score (nSPS) is 20.2. The Balaban J connectivity index is 0.000000272. The molecule has 3 fully saturated rings. The summed E-state index contributed by atoms with van der Waals surface area (Å²) in [5.41, 5.74) is 2.68. The van der Waals surface area contributed by atoms with Crippen molar-refractivity contribution in [1.29, 1.82) is 0 Å². The number of anilines is 1. The molecular formula is C21H26F3N3O2S. The smallest absolute Gasteiger partial charge is 0.475 e. The van der Waals surface area contributed by atoms with Crippen molar-refractivity contribution < 1.29 is 23.1 Å². The summed E-state index contributed by atoms with van der Waals surface area (Å²) in [4.78, 5) is 19.0. The van der Waals surface area contributed by atoms with Crippen molar-refractivity contribution in [3.05, 3.63) is 23.8 Å². The molecule has 1 aromatic carbocycles.